The van der Waals surface area contributed by atoms with Crippen LogP contribution in [0.4, 0.5) is 15.8 Å². The predicted molar refractivity (Wildman–Crippen MR) is 134 cm³/mol. The van der Waals surface area contributed by atoms with Gasteiger partial charge >= 0.3 is 0 Å². The third-order valence-electron chi connectivity index (χ3n) is 6.63. The summed E-state index contributed by atoms with van der Waals surface area (Å²) < 4.78 is 23.3. The van der Waals surface area contributed by atoms with Gasteiger partial charge < -0.3 is 23.9 Å². The van der Waals surface area contributed by atoms with Crippen LogP contribution in [0.1, 0.15) is 24.1 Å². The number of pyridine rings is 1. The minimum atomic E-state index is -0.483. The van der Waals surface area contributed by atoms with Gasteiger partial charge in [-0.05, 0) is 37.7 Å². The van der Waals surface area contributed by atoms with E-state index in [0.29, 0.717) is 42.2 Å². The van der Waals surface area contributed by atoms with E-state index >= 15 is 4.39 Å². The molecule has 2 aliphatic rings. The van der Waals surface area contributed by atoms with Crippen LogP contribution in [0, 0.1) is 15.9 Å². The van der Waals surface area contributed by atoms with Gasteiger partial charge in [-0.1, -0.05) is 5.16 Å². The monoisotopic (exact) mass is 495 g/mol. The second-order valence-electron chi connectivity index (χ2n) is 9.13. The summed E-state index contributed by atoms with van der Waals surface area (Å²) in [6.07, 6.45) is 3.01. The fraction of sp³-hybridized carbons (Fsp3) is 0.360. The van der Waals surface area contributed by atoms with Gasteiger partial charge in [-0.2, -0.15) is 0 Å². The van der Waals surface area contributed by atoms with Gasteiger partial charge in [0.05, 0.1) is 33.6 Å². The number of oxime groups is 1. The fourth-order valence-electron chi connectivity index (χ4n) is 4.57. The smallest absolute Gasteiger partial charge is 0.269 e. The Balaban J connectivity index is 1.45. The Bertz CT molecular complexity index is 1400. The zero-order valence-corrected chi connectivity index (χ0v) is 20.0. The summed E-state index contributed by atoms with van der Waals surface area (Å²) in [6, 6.07) is 7.14. The van der Waals surface area contributed by atoms with Crippen LogP contribution < -0.4 is 15.1 Å². The van der Waals surface area contributed by atoms with Gasteiger partial charge in [-0.25, -0.2) is 4.39 Å². The van der Waals surface area contributed by atoms with Gasteiger partial charge in [0.25, 0.3) is 5.69 Å². The van der Waals surface area contributed by atoms with Crippen molar-refractivity contribution in [3.05, 3.63) is 73.8 Å². The summed E-state index contributed by atoms with van der Waals surface area (Å²) in [4.78, 5) is 33.0. The molecule has 1 aromatic heterocycles. The van der Waals surface area contributed by atoms with E-state index in [0.717, 1.165) is 13.1 Å². The molecule has 0 saturated carbocycles. The summed E-state index contributed by atoms with van der Waals surface area (Å²) in [5, 5.41) is 14.9. The number of benzene rings is 2. The van der Waals surface area contributed by atoms with E-state index in [1.165, 1.54) is 24.4 Å². The highest BCUT2D eigenvalue weighted by molar-refractivity contribution is 5.95. The molecule has 0 bridgehead atoms. The molecule has 0 radical (unpaired) electrons. The van der Waals surface area contributed by atoms with Crippen molar-refractivity contribution in [2.45, 2.75) is 19.6 Å². The van der Waals surface area contributed by atoms with Gasteiger partial charge in [-0.3, -0.25) is 14.9 Å². The lowest BCUT2D eigenvalue weighted by Gasteiger charge is -2.37. The Morgan fingerprint density at radius 3 is 2.67 bits per heavy atom. The molecule has 0 amide bonds. The first kappa shape index (κ1) is 23.7. The molecule has 1 fully saturated rings. The van der Waals surface area contributed by atoms with E-state index in [4.69, 9.17) is 9.57 Å². The fourth-order valence-corrected chi connectivity index (χ4v) is 4.57. The number of hydrogen-bond donors (Lipinski definition) is 0. The number of nitro groups is 1. The van der Waals surface area contributed by atoms with E-state index in [2.05, 4.69) is 10.1 Å². The molecule has 36 heavy (non-hydrogen) atoms. The molecule has 2 aliphatic heterocycles. The van der Waals surface area contributed by atoms with Crippen molar-refractivity contribution in [2.75, 3.05) is 44.7 Å². The summed E-state index contributed by atoms with van der Waals surface area (Å²) in [6.45, 7) is 5.37. The number of anilines is 1. The Morgan fingerprint density at radius 2 is 1.97 bits per heavy atom. The molecule has 0 aliphatic carbocycles. The van der Waals surface area contributed by atoms with Crippen molar-refractivity contribution in [3.8, 4) is 5.75 Å². The van der Waals surface area contributed by atoms with Crippen LogP contribution in [-0.4, -0.2) is 60.4 Å². The number of nitrogens with zero attached hydrogens (tertiary/aromatic N) is 5. The van der Waals surface area contributed by atoms with E-state index in [1.54, 1.807) is 18.3 Å². The lowest BCUT2D eigenvalue weighted by Crippen LogP contribution is -2.45. The average molecular weight is 496 g/mol. The Morgan fingerprint density at radius 1 is 1.25 bits per heavy atom. The Labute approximate surface area is 206 Å². The molecular weight excluding hydrogens is 469 g/mol. The third kappa shape index (κ3) is 4.37. The first-order valence-corrected chi connectivity index (χ1v) is 11.7. The minimum absolute atomic E-state index is 0.0131. The molecule has 188 valence electrons. The van der Waals surface area contributed by atoms with Crippen molar-refractivity contribution in [2.24, 2.45) is 5.16 Å². The molecule has 1 saturated heterocycles. The number of piperazine rings is 1. The van der Waals surface area contributed by atoms with Crippen molar-refractivity contribution in [3.63, 3.8) is 0 Å². The summed E-state index contributed by atoms with van der Waals surface area (Å²) >= 11 is 0. The average Bonchev–Trinajstić information content (AvgIpc) is 2.87. The van der Waals surface area contributed by atoms with Crippen LogP contribution in [0.3, 0.4) is 0 Å². The zero-order chi connectivity index (χ0) is 25.4. The number of rotatable bonds is 6. The van der Waals surface area contributed by atoms with Crippen molar-refractivity contribution >= 4 is 28.5 Å². The summed E-state index contributed by atoms with van der Waals surface area (Å²) in [5.41, 5.74) is 1.56. The molecule has 0 N–H and O–H groups in total. The highest BCUT2D eigenvalue weighted by Crippen LogP contribution is 2.42. The van der Waals surface area contributed by atoms with Crippen LogP contribution >= 0.6 is 0 Å². The van der Waals surface area contributed by atoms with Gasteiger partial charge in [0, 0.05) is 44.5 Å². The van der Waals surface area contributed by atoms with Gasteiger partial charge in [0.2, 0.25) is 0 Å². The normalized spacial score (nSPS) is 18.0. The second-order valence-corrected chi connectivity index (χ2v) is 9.13. The Hall–Kier alpha value is -3.99. The molecule has 10 nitrogen and oxygen atoms in total. The third-order valence-corrected chi connectivity index (χ3v) is 6.63. The van der Waals surface area contributed by atoms with E-state index in [-0.39, 0.29) is 34.7 Å². The maximum atomic E-state index is 15.4. The number of ether oxygens (including phenoxy) is 1. The largest absolute Gasteiger partial charge is 0.487 e. The standard InChI is InChI=1S/C25H26FN5O5/c1-16-14-35-25-22-20(11-21(26)23(25)29-9-7-28(2)8-10-29)24(32)18(13-30(16)22)12-27-36-15-17-3-5-19(6-4-17)31(33)34/h3-6,11-13,16H,7-10,14-15H2,1-2H3/t16-/m0/s1. The molecule has 3 aromatic rings. The summed E-state index contributed by atoms with van der Waals surface area (Å²) in [7, 11) is 2.03. The SMILES string of the molecule is C[C@H]1COc2c(N3CCN(C)CC3)c(F)cc3c(=O)c(C=NOCc4ccc([N+](=O)[O-])cc4)cn1c23. The molecule has 3 heterocycles. The van der Waals surface area contributed by atoms with Crippen LogP contribution in [0.25, 0.3) is 10.9 Å². The molecular formula is C25H26FN5O5. The van der Waals surface area contributed by atoms with Crippen molar-refractivity contribution < 1.29 is 18.9 Å². The van der Waals surface area contributed by atoms with Gasteiger partial charge in [0.1, 0.15) is 18.9 Å². The molecule has 2 aromatic carbocycles. The Kier molecular flexibility index (Phi) is 6.31. The quantitative estimate of drug-likeness (QED) is 0.294. The number of hydrogen-bond acceptors (Lipinski definition) is 8. The predicted octanol–water partition coefficient (Wildman–Crippen LogP) is 3.30. The number of likely N-dealkylation sites (N-methyl/N-ethyl adjacent to an activating group) is 1. The van der Waals surface area contributed by atoms with Crippen molar-refractivity contribution in [1.29, 1.82) is 0 Å². The minimum Gasteiger partial charge on any atom is -0.487 e. The topological polar surface area (TPSA) is 102 Å². The van der Waals surface area contributed by atoms with Crippen LogP contribution in [0.5, 0.6) is 5.75 Å². The van der Waals surface area contributed by atoms with Gasteiger partial charge in [0.15, 0.2) is 17.0 Å². The molecule has 5 rings (SSSR count). The lowest BCUT2D eigenvalue weighted by molar-refractivity contribution is -0.384. The van der Waals surface area contributed by atoms with E-state index in [9.17, 15) is 14.9 Å². The van der Waals surface area contributed by atoms with E-state index in [1.807, 2.05) is 23.4 Å². The lowest BCUT2D eigenvalue weighted by atomic mass is 10.1. The first-order valence-electron chi connectivity index (χ1n) is 11.7. The molecule has 11 heteroatoms. The van der Waals surface area contributed by atoms with Crippen LogP contribution in [-0.2, 0) is 11.4 Å². The second kappa shape index (κ2) is 9.57. The van der Waals surface area contributed by atoms with Crippen LogP contribution in [0.2, 0.25) is 0 Å². The number of halogens is 1. The maximum absolute atomic E-state index is 15.4. The first-order chi connectivity index (χ1) is 17.3. The van der Waals surface area contributed by atoms with Gasteiger partial charge in [-0.15, -0.1) is 0 Å². The molecule has 1 atom stereocenters. The van der Waals surface area contributed by atoms with E-state index < -0.39 is 10.7 Å². The maximum Gasteiger partial charge on any atom is 0.269 e. The highest BCUT2D eigenvalue weighted by atomic mass is 19.1. The van der Waals surface area contributed by atoms with Crippen LogP contribution in [0.15, 0.2) is 46.5 Å². The highest BCUT2D eigenvalue weighted by Gasteiger charge is 2.30. The number of non-ortho nitro benzene ring substituents is 1. The summed E-state index contributed by atoms with van der Waals surface area (Å²) in [5.74, 6) is -0.0774. The number of aromatic nitrogens is 1. The zero-order valence-electron chi connectivity index (χ0n) is 20.0. The number of nitro benzene ring substituents is 1. The molecule has 0 spiro atoms. The van der Waals surface area contributed by atoms with Crippen molar-refractivity contribution in [1.82, 2.24) is 9.47 Å². The molecule has 0 unspecified atom stereocenters.